The van der Waals surface area contributed by atoms with Gasteiger partial charge in [0.1, 0.15) is 6.10 Å². The number of hydrogen-bond acceptors (Lipinski definition) is 6. The van der Waals surface area contributed by atoms with Crippen LogP contribution >= 0.6 is 0 Å². The first kappa shape index (κ1) is 15.9. The lowest BCUT2D eigenvalue weighted by atomic mass is 10.3. The van der Waals surface area contributed by atoms with Crippen molar-refractivity contribution in [3.05, 3.63) is 18.2 Å². The van der Waals surface area contributed by atoms with Gasteiger partial charge in [-0.1, -0.05) is 0 Å². The number of ether oxygens (including phenoxy) is 3. The highest BCUT2D eigenvalue weighted by Crippen LogP contribution is 2.33. The second-order valence-corrected chi connectivity index (χ2v) is 7.39. The molecule has 1 atom stereocenters. The molecule has 3 rings (SSSR count). The fourth-order valence-electron chi connectivity index (χ4n) is 2.40. The van der Waals surface area contributed by atoms with Crippen molar-refractivity contribution in [2.75, 3.05) is 19.9 Å². The molecule has 0 spiro atoms. The van der Waals surface area contributed by atoms with Gasteiger partial charge in [-0.3, -0.25) is 0 Å². The van der Waals surface area contributed by atoms with Crippen LogP contribution in [0.1, 0.15) is 13.8 Å². The summed E-state index contributed by atoms with van der Waals surface area (Å²) in [6.07, 6.45) is -0.930. The molecular formula is C14H18N2O6S. The monoisotopic (exact) mass is 342 g/mol. The Morgan fingerprint density at radius 3 is 2.74 bits per heavy atom. The predicted molar refractivity (Wildman–Crippen MR) is 79.9 cm³/mol. The Hall–Kier alpha value is -2.00. The van der Waals surface area contributed by atoms with Gasteiger partial charge in [-0.25, -0.2) is 17.9 Å². The van der Waals surface area contributed by atoms with E-state index in [-0.39, 0.29) is 24.3 Å². The summed E-state index contributed by atoms with van der Waals surface area (Å²) in [5, 5.41) is 0. The van der Waals surface area contributed by atoms with E-state index >= 15 is 0 Å². The minimum atomic E-state index is -3.72. The topological polar surface area (TPSA) is 94.2 Å². The van der Waals surface area contributed by atoms with Crippen molar-refractivity contribution in [3.63, 3.8) is 0 Å². The number of nitrogens with zero attached hydrogens (tertiary/aromatic N) is 1. The maximum Gasteiger partial charge on any atom is 0.410 e. The van der Waals surface area contributed by atoms with Crippen molar-refractivity contribution < 1.29 is 27.4 Å². The molecule has 1 aromatic rings. The van der Waals surface area contributed by atoms with Crippen molar-refractivity contribution in [2.45, 2.75) is 30.9 Å². The zero-order valence-corrected chi connectivity index (χ0v) is 13.6. The normalized spacial score (nSPS) is 20.2. The van der Waals surface area contributed by atoms with E-state index in [9.17, 15) is 13.2 Å². The van der Waals surface area contributed by atoms with Crippen LogP contribution in [0.25, 0.3) is 0 Å². The van der Waals surface area contributed by atoms with Gasteiger partial charge in [-0.15, -0.1) is 0 Å². The Bertz CT molecular complexity index is 718. The van der Waals surface area contributed by atoms with Gasteiger partial charge in [-0.2, -0.15) is 0 Å². The van der Waals surface area contributed by atoms with Gasteiger partial charge in [0.05, 0.1) is 11.4 Å². The summed E-state index contributed by atoms with van der Waals surface area (Å²) >= 11 is 0. The minimum Gasteiger partial charge on any atom is -0.454 e. The van der Waals surface area contributed by atoms with Crippen molar-refractivity contribution in [2.24, 2.45) is 0 Å². The van der Waals surface area contributed by atoms with Gasteiger partial charge in [0.2, 0.25) is 16.8 Å². The first-order chi connectivity index (χ1) is 10.9. The lowest BCUT2D eigenvalue weighted by Crippen LogP contribution is -2.36. The Morgan fingerprint density at radius 2 is 2.04 bits per heavy atom. The molecular weight excluding hydrogens is 324 g/mol. The van der Waals surface area contributed by atoms with Crippen LogP contribution in [0.3, 0.4) is 0 Å². The number of fused-ring (bicyclic) bond motifs is 1. The van der Waals surface area contributed by atoms with Crippen LogP contribution in [-0.2, 0) is 14.8 Å². The molecule has 9 heteroatoms. The third kappa shape index (κ3) is 3.20. The van der Waals surface area contributed by atoms with Gasteiger partial charge in [0.25, 0.3) is 0 Å². The van der Waals surface area contributed by atoms with E-state index in [0.717, 1.165) is 0 Å². The highest BCUT2D eigenvalue weighted by atomic mass is 32.2. The van der Waals surface area contributed by atoms with E-state index in [1.54, 1.807) is 11.0 Å². The lowest BCUT2D eigenvalue weighted by molar-refractivity contribution is 0.130. The zero-order chi connectivity index (χ0) is 16.6. The van der Waals surface area contributed by atoms with Crippen LogP contribution in [-0.4, -0.2) is 51.4 Å². The van der Waals surface area contributed by atoms with Crippen molar-refractivity contribution >= 4 is 16.1 Å². The van der Waals surface area contributed by atoms with Gasteiger partial charge >= 0.3 is 6.09 Å². The van der Waals surface area contributed by atoms with Crippen LogP contribution in [0, 0.1) is 0 Å². The number of nitrogens with one attached hydrogen (secondary N) is 1. The summed E-state index contributed by atoms with van der Waals surface area (Å²) < 4.78 is 42.6. The number of carbonyl (C=O) groups excluding carboxylic acids is 1. The number of carbonyl (C=O) groups is 1. The van der Waals surface area contributed by atoms with Crippen molar-refractivity contribution in [1.29, 1.82) is 0 Å². The number of cyclic esters (lactones) is 1. The Kier molecular flexibility index (Phi) is 4.07. The molecule has 1 saturated heterocycles. The van der Waals surface area contributed by atoms with Crippen LogP contribution in [0.4, 0.5) is 4.79 Å². The van der Waals surface area contributed by atoms with Gasteiger partial charge in [0.15, 0.2) is 11.5 Å². The molecule has 0 saturated carbocycles. The minimum absolute atomic E-state index is 0.0120. The summed E-state index contributed by atoms with van der Waals surface area (Å²) in [6, 6.07) is 4.41. The standard InChI is InChI=1S/C14H18N2O6S/c1-9(2)16-7-10(22-14(16)17)6-15-23(18,19)11-3-4-12-13(5-11)21-8-20-12/h3-5,9-10,15H,6-8H2,1-2H3. The van der Waals surface area contributed by atoms with E-state index in [0.29, 0.717) is 18.0 Å². The highest BCUT2D eigenvalue weighted by molar-refractivity contribution is 7.89. The van der Waals surface area contributed by atoms with E-state index in [2.05, 4.69) is 4.72 Å². The molecule has 2 aliphatic rings. The second kappa shape index (κ2) is 5.89. The molecule has 2 heterocycles. The van der Waals surface area contributed by atoms with Gasteiger partial charge < -0.3 is 19.1 Å². The largest absolute Gasteiger partial charge is 0.454 e. The Balaban J connectivity index is 1.65. The van der Waals surface area contributed by atoms with Crippen molar-refractivity contribution in [3.8, 4) is 11.5 Å². The summed E-state index contributed by atoms with van der Waals surface area (Å²) in [6.45, 7) is 4.21. The van der Waals surface area contributed by atoms with E-state index in [4.69, 9.17) is 14.2 Å². The molecule has 1 aromatic carbocycles. The molecule has 1 fully saturated rings. The fraction of sp³-hybridized carbons (Fsp3) is 0.500. The third-order valence-corrected chi connectivity index (χ3v) is 5.10. The third-order valence-electron chi connectivity index (χ3n) is 3.68. The smallest absolute Gasteiger partial charge is 0.410 e. The summed E-state index contributed by atoms with van der Waals surface area (Å²) in [5.41, 5.74) is 0. The van der Waals surface area contributed by atoms with Gasteiger partial charge in [0, 0.05) is 18.7 Å². The molecule has 0 bridgehead atoms. The number of rotatable bonds is 5. The molecule has 2 aliphatic heterocycles. The average molecular weight is 342 g/mol. The highest BCUT2D eigenvalue weighted by Gasteiger charge is 2.33. The molecule has 0 radical (unpaired) electrons. The second-order valence-electron chi connectivity index (χ2n) is 5.62. The summed E-state index contributed by atoms with van der Waals surface area (Å²) in [4.78, 5) is 13.3. The number of sulfonamides is 1. The Labute approximate surface area is 134 Å². The maximum absolute atomic E-state index is 12.3. The fourth-order valence-corrected chi connectivity index (χ4v) is 3.48. The average Bonchev–Trinajstić information content (AvgIpc) is 3.10. The predicted octanol–water partition coefficient (Wildman–Crippen LogP) is 0.923. The molecule has 1 N–H and O–H groups in total. The van der Waals surface area contributed by atoms with Crippen LogP contribution in [0.5, 0.6) is 11.5 Å². The molecule has 0 aliphatic carbocycles. The molecule has 1 unspecified atom stereocenters. The number of hydrogen-bond donors (Lipinski definition) is 1. The quantitative estimate of drug-likeness (QED) is 0.855. The van der Waals surface area contributed by atoms with Gasteiger partial charge in [-0.05, 0) is 26.0 Å². The molecule has 23 heavy (non-hydrogen) atoms. The van der Waals surface area contributed by atoms with E-state index in [1.165, 1.54) is 12.1 Å². The Morgan fingerprint density at radius 1 is 1.30 bits per heavy atom. The molecule has 126 valence electrons. The van der Waals surface area contributed by atoms with E-state index in [1.807, 2.05) is 13.8 Å². The lowest BCUT2D eigenvalue weighted by Gasteiger charge is -2.16. The van der Waals surface area contributed by atoms with Crippen molar-refractivity contribution in [1.82, 2.24) is 9.62 Å². The molecule has 1 amide bonds. The van der Waals surface area contributed by atoms with Crippen LogP contribution in [0.15, 0.2) is 23.1 Å². The zero-order valence-electron chi connectivity index (χ0n) is 12.8. The molecule has 0 aromatic heterocycles. The number of amides is 1. The first-order valence-corrected chi connectivity index (χ1v) is 8.72. The summed E-state index contributed by atoms with van der Waals surface area (Å²) in [7, 11) is -3.72. The summed E-state index contributed by atoms with van der Waals surface area (Å²) in [5.74, 6) is 0.910. The maximum atomic E-state index is 12.3. The van der Waals surface area contributed by atoms with Crippen LogP contribution in [0.2, 0.25) is 0 Å². The van der Waals surface area contributed by atoms with Crippen LogP contribution < -0.4 is 14.2 Å². The first-order valence-electron chi connectivity index (χ1n) is 7.23. The van der Waals surface area contributed by atoms with E-state index < -0.39 is 22.2 Å². The number of benzene rings is 1. The SMILES string of the molecule is CC(C)N1CC(CNS(=O)(=O)c2ccc3c(c2)OCO3)OC1=O. The molecule has 8 nitrogen and oxygen atoms in total.